The van der Waals surface area contributed by atoms with Crippen molar-refractivity contribution >= 4 is 40.3 Å². The third-order valence-electron chi connectivity index (χ3n) is 2.53. The molecule has 0 radical (unpaired) electrons. The Balaban J connectivity index is 2.17. The van der Waals surface area contributed by atoms with E-state index in [2.05, 4.69) is 35.6 Å². The summed E-state index contributed by atoms with van der Waals surface area (Å²) in [6.07, 6.45) is 1.03. The highest BCUT2D eigenvalue weighted by molar-refractivity contribution is 7.80. The van der Waals surface area contributed by atoms with Gasteiger partial charge in [0.2, 0.25) is 0 Å². The zero-order chi connectivity index (χ0) is 15.7. The molecule has 5 nitrogen and oxygen atoms in total. The molecule has 0 spiro atoms. The second-order valence-corrected chi connectivity index (χ2v) is 5.59. The van der Waals surface area contributed by atoms with Gasteiger partial charge in [0.15, 0.2) is 10.2 Å². The quantitative estimate of drug-likeness (QED) is 0.298. The fourth-order valence-electron chi connectivity index (χ4n) is 1.50. The van der Waals surface area contributed by atoms with Crippen LogP contribution < -0.4 is 26.4 Å². The van der Waals surface area contributed by atoms with Gasteiger partial charge in [0.25, 0.3) is 0 Å². The van der Waals surface area contributed by atoms with Gasteiger partial charge in [0.05, 0.1) is 20.6 Å². The van der Waals surface area contributed by atoms with Crippen molar-refractivity contribution in [1.29, 1.82) is 0 Å². The third kappa shape index (κ3) is 8.38. The van der Waals surface area contributed by atoms with Gasteiger partial charge in [-0.25, -0.2) is 4.39 Å². The van der Waals surface area contributed by atoms with Gasteiger partial charge in [-0.1, -0.05) is 0 Å². The Kier molecular flexibility index (Phi) is 7.88. The van der Waals surface area contributed by atoms with Crippen molar-refractivity contribution in [3.05, 3.63) is 30.1 Å². The lowest BCUT2D eigenvalue weighted by Crippen LogP contribution is -3.05. The molecule has 0 heterocycles. The standard InChI is InChI=1S/C13H20FN5S2/c1-19(2)9-3-8-15-12(20)17-18-13(21)16-11-6-4-10(14)5-7-11/h4-7H,3,8-9H2,1-2H3,(H2,15,17,20)(H2,16,18,21)/p+1. The number of hydrazine groups is 1. The minimum absolute atomic E-state index is 0.289. The second kappa shape index (κ2) is 9.43. The monoisotopic (exact) mass is 330 g/mol. The maximum absolute atomic E-state index is 12.8. The van der Waals surface area contributed by atoms with E-state index in [9.17, 15) is 4.39 Å². The van der Waals surface area contributed by atoms with Gasteiger partial charge in [-0.15, -0.1) is 0 Å². The van der Waals surface area contributed by atoms with Crippen LogP contribution in [0.2, 0.25) is 0 Å². The van der Waals surface area contributed by atoms with Crippen LogP contribution >= 0.6 is 24.4 Å². The Hall–Kier alpha value is -1.51. The largest absolute Gasteiger partial charge is 0.361 e. The van der Waals surface area contributed by atoms with Gasteiger partial charge >= 0.3 is 0 Å². The van der Waals surface area contributed by atoms with Crippen LogP contribution in [-0.4, -0.2) is 37.4 Å². The molecule has 5 N–H and O–H groups in total. The van der Waals surface area contributed by atoms with Crippen molar-refractivity contribution < 1.29 is 9.29 Å². The second-order valence-electron chi connectivity index (χ2n) is 4.78. The van der Waals surface area contributed by atoms with Crippen LogP contribution in [-0.2, 0) is 0 Å². The Labute approximate surface area is 135 Å². The number of hydrogen-bond acceptors (Lipinski definition) is 2. The molecule has 116 valence electrons. The summed E-state index contributed by atoms with van der Waals surface area (Å²) in [5, 5.41) is 6.81. The number of anilines is 1. The average Bonchev–Trinajstić information content (AvgIpc) is 2.44. The molecule has 0 saturated heterocycles. The molecule has 0 amide bonds. The molecule has 0 aliphatic carbocycles. The molecule has 1 rings (SSSR count). The molecule has 0 atom stereocenters. The van der Waals surface area contributed by atoms with Crippen LogP contribution in [0.25, 0.3) is 0 Å². The first-order chi connectivity index (χ1) is 9.97. The molecule has 1 aromatic rings. The van der Waals surface area contributed by atoms with Gasteiger partial charge in [0, 0.05) is 18.7 Å². The molecule has 0 saturated carbocycles. The number of thiocarbonyl (C=S) groups is 2. The van der Waals surface area contributed by atoms with Gasteiger partial charge in [0.1, 0.15) is 5.82 Å². The summed E-state index contributed by atoms with van der Waals surface area (Å²) in [6, 6.07) is 5.92. The van der Waals surface area contributed by atoms with E-state index in [1.807, 2.05) is 0 Å². The Morgan fingerprint density at radius 3 is 2.33 bits per heavy atom. The molecule has 0 unspecified atom stereocenters. The number of quaternary nitrogens is 1. The molecule has 21 heavy (non-hydrogen) atoms. The van der Waals surface area contributed by atoms with Crippen LogP contribution in [0.3, 0.4) is 0 Å². The molecular formula is C13H21FN5S2+. The topological polar surface area (TPSA) is 52.6 Å². The van der Waals surface area contributed by atoms with E-state index >= 15 is 0 Å². The average molecular weight is 330 g/mol. The predicted molar refractivity (Wildman–Crippen MR) is 91.8 cm³/mol. The molecule has 0 fully saturated rings. The summed E-state index contributed by atoms with van der Waals surface area (Å²) >= 11 is 10.2. The van der Waals surface area contributed by atoms with E-state index in [0.717, 1.165) is 19.5 Å². The minimum Gasteiger partial charge on any atom is -0.361 e. The lowest BCUT2D eigenvalue weighted by Gasteiger charge is -2.14. The van der Waals surface area contributed by atoms with Crippen LogP contribution in [0.5, 0.6) is 0 Å². The lowest BCUT2D eigenvalue weighted by atomic mass is 10.3. The van der Waals surface area contributed by atoms with Crippen molar-refractivity contribution in [2.45, 2.75) is 6.42 Å². The summed E-state index contributed by atoms with van der Waals surface area (Å²) in [7, 11) is 4.22. The molecular weight excluding hydrogens is 309 g/mol. The fraction of sp³-hybridized carbons (Fsp3) is 0.385. The predicted octanol–water partition coefficient (Wildman–Crippen LogP) is 0.0258. The van der Waals surface area contributed by atoms with Crippen LogP contribution in [0.15, 0.2) is 24.3 Å². The van der Waals surface area contributed by atoms with E-state index in [1.165, 1.54) is 17.0 Å². The van der Waals surface area contributed by atoms with Crippen LogP contribution in [0.4, 0.5) is 10.1 Å². The highest BCUT2D eigenvalue weighted by Gasteiger charge is 2.00. The summed E-state index contributed by atoms with van der Waals surface area (Å²) in [6.45, 7) is 1.88. The summed E-state index contributed by atoms with van der Waals surface area (Å²) < 4.78 is 12.8. The lowest BCUT2D eigenvalue weighted by molar-refractivity contribution is -0.858. The zero-order valence-corrected chi connectivity index (χ0v) is 13.8. The van der Waals surface area contributed by atoms with E-state index in [4.69, 9.17) is 24.4 Å². The first-order valence-electron chi connectivity index (χ1n) is 6.63. The summed E-state index contributed by atoms with van der Waals surface area (Å²) in [4.78, 5) is 1.40. The number of hydrogen-bond donors (Lipinski definition) is 5. The minimum atomic E-state index is -0.289. The van der Waals surface area contributed by atoms with E-state index in [0.29, 0.717) is 15.9 Å². The number of benzene rings is 1. The number of nitrogens with one attached hydrogen (secondary N) is 5. The molecule has 8 heteroatoms. The van der Waals surface area contributed by atoms with Crippen molar-refractivity contribution in [3.63, 3.8) is 0 Å². The molecule has 0 aliphatic heterocycles. The normalized spacial score (nSPS) is 10.1. The zero-order valence-electron chi connectivity index (χ0n) is 12.1. The van der Waals surface area contributed by atoms with Crippen molar-refractivity contribution in [1.82, 2.24) is 16.2 Å². The maximum atomic E-state index is 12.8. The van der Waals surface area contributed by atoms with Gasteiger partial charge in [-0.2, -0.15) is 0 Å². The van der Waals surface area contributed by atoms with Crippen molar-refractivity contribution in [2.24, 2.45) is 0 Å². The summed E-state index contributed by atoms with van der Waals surface area (Å²) in [5.74, 6) is -0.289. The number of halogens is 1. The van der Waals surface area contributed by atoms with Gasteiger partial charge < -0.3 is 15.5 Å². The van der Waals surface area contributed by atoms with Gasteiger partial charge in [-0.05, 0) is 48.7 Å². The first-order valence-corrected chi connectivity index (χ1v) is 7.44. The highest BCUT2D eigenvalue weighted by Crippen LogP contribution is 2.07. The van der Waals surface area contributed by atoms with E-state index in [1.54, 1.807) is 12.1 Å². The molecule has 0 bridgehead atoms. The Bertz CT molecular complexity index is 464. The van der Waals surface area contributed by atoms with Crippen LogP contribution in [0.1, 0.15) is 6.42 Å². The maximum Gasteiger partial charge on any atom is 0.189 e. The van der Waals surface area contributed by atoms with Crippen molar-refractivity contribution in [2.75, 3.05) is 32.5 Å². The fourth-order valence-corrected chi connectivity index (χ4v) is 1.82. The van der Waals surface area contributed by atoms with Crippen molar-refractivity contribution in [3.8, 4) is 0 Å². The Morgan fingerprint density at radius 1 is 1.10 bits per heavy atom. The SMILES string of the molecule is C[NH+](C)CCCNC(=S)NNC(=S)Nc1ccc(F)cc1. The highest BCUT2D eigenvalue weighted by atomic mass is 32.1. The van der Waals surface area contributed by atoms with Gasteiger partial charge in [-0.3, -0.25) is 10.9 Å². The molecule has 0 aromatic heterocycles. The molecule has 1 aromatic carbocycles. The first kappa shape index (κ1) is 17.5. The smallest absolute Gasteiger partial charge is 0.189 e. The molecule has 0 aliphatic rings. The van der Waals surface area contributed by atoms with E-state index < -0.39 is 0 Å². The third-order valence-corrected chi connectivity index (χ3v) is 2.98. The van der Waals surface area contributed by atoms with Crippen LogP contribution in [0, 0.1) is 5.82 Å². The number of rotatable bonds is 5. The Morgan fingerprint density at radius 2 is 1.71 bits per heavy atom. The summed E-state index contributed by atoms with van der Waals surface area (Å²) in [5.41, 5.74) is 6.25. The van der Waals surface area contributed by atoms with E-state index in [-0.39, 0.29) is 5.82 Å².